The van der Waals surface area contributed by atoms with E-state index in [1.165, 1.54) is 5.56 Å². The van der Waals surface area contributed by atoms with E-state index in [1.807, 2.05) is 74.3 Å². The maximum absolute atomic E-state index is 14.9. The minimum absolute atomic E-state index is 0.00391. The normalized spacial score (nSPS) is 15.2. The molecule has 3 heterocycles. The topological polar surface area (TPSA) is 78.3 Å². The van der Waals surface area contributed by atoms with Gasteiger partial charge in [-0.15, -0.1) is 0 Å². The highest BCUT2D eigenvalue weighted by Gasteiger charge is 2.33. The fourth-order valence-electron chi connectivity index (χ4n) is 7.90. The largest absolute Gasteiger partial charge is 0.415 e. The molecular formula is C46H59N5O4. The van der Waals surface area contributed by atoms with Crippen LogP contribution in [0, 0.1) is 6.92 Å². The van der Waals surface area contributed by atoms with Crippen LogP contribution in [-0.4, -0.2) is 88.4 Å². The van der Waals surface area contributed by atoms with Crippen LogP contribution in [0.5, 0.6) is 5.75 Å². The van der Waals surface area contributed by atoms with Crippen molar-refractivity contribution in [2.24, 2.45) is 7.05 Å². The first-order chi connectivity index (χ1) is 26.5. The first-order valence-corrected chi connectivity index (χ1v) is 20.2. The highest BCUT2D eigenvalue weighted by Crippen LogP contribution is 2.36. The summed E-state index contributed by atoms with van der Waals surface area (Å²) < 4.78 is 7.98. The Kier molecular flexibility index (Phi) is 12.8. The third-order valence-corrected chi connectivity index (χ3v) is 11.5. The van der Waals surface area contributed by atoms with Crippen LogP contribution in [0.3, 0.4) is 0 Å². The number of carbonyl (C=O) groups is 3. The first-order valence-electron chi connectivity index (χ1n) is 20.2. The van der Waals surface area contributed by atoms with E-state index in [0.29, 0.717) is 42.9 Å². The van der Waals surface area contributed by atoms with Gasteiger partial charge in [0.2, 0.25) is 0 Å². The zero-order chi connectivity index (χ0) is 39.2. The maximum Gasteiger partial charge on any atom is 0.415 e. The summed E-state index contributed by atoms with van der Waals surface area (Å²) in [6, 6.07) is 22.2. The second kappa shape index (κ2) is 17.7. The Morgan fingerprint density at radius 1 is 0.818 bits per heavy atom. The standard InChI is InChI=1S/C46H59N5O4/c1-8-10-21-49(22-11-9-2)44(52)40-29-43(48(7)33(40)4)41-27-36-20-24-50(46(54)55-39-18-14-15-34(26-39)19-23-47(5)6)30-38(36)28-42(41)45(53)51-31-37-17-13-12-16-35(37)25-32(51)3/h12-18,26-29,32H,8-11,19-25,30-31H2,1-7H3/t32-/m1/s1. The number of amides is 3. The number of aromatic nitrogens is 1. The van der Waals surface area contributed by atoms with Crippen molar-refractivity contribution in [3.63, 3.8) is 0 Å². The maximum atomic E-state index is 14.9. The number of benzene rings is 3. The van der Waals surface area contributed by atoms with Crippen LogP contribution in [0.15, 0.2) is 66.7 Å². The molecule has 9 nitrogen and oxygen atoms in total. The van der Waals surface area contributed by atoms with Crippen molar-refractivity contribution in [1.82, 2.24) is 24.2 Å². The van der Waals surface area contributed by atoms with Crippen molar-refractivity contribution in [3.8, 4) is 17.0 Å². The van der Waals surface area contributed by atoms with Crippen LogP contribution < -0.4 is 4.74 Å². The molecule has 2 aliphatic heterocycles. The summed E-state index contributed by atoms with van der Waals surface area (Å²) in [5, 5.41) is 0. The molecule has 0 unspecified atom stereocenters. The predicted molar refractivity (Wildman–Crippen MR) is 220 cm³/mol. The number of ether oxygens (including phenoxy) is 1. The van der Waals surface area contributed by atoms with E-state index in [2.05, 4.69) is 60.6 Å². The van der Waals surface area contributed by atoms with Crippen LogP contribution in [-0.2, 0) is 39.4 Å². The molecule has 1 atom stereocenters. The molecule has 2 aliphatic rings. The summed E-state index contributed by atoms with van der Waals surface area (Å²) in [6.07, 6.45) is 5.84. The van der Waals surface area contributed by atoms with E-state index < -0.39 is 6.09 Å². The first kappa shape index (κ1) is 39.8. The molecule has 6 rings (SSSR count). The number of rotatable bonds is 13. The van der Waals surface area contributed by atoms with Crippen molar-refractivity contribution in [2.75, 3.05) is 40.3 Å². The Morgan fingerprint density at radius 3 is 2.25 bits per heavy atom. The van der Waals surface area contributed by atoms with Crippen molar-refractivity contribution >= 4 is 17.9 Å². The van der Waals surface area contributed by atoms with Gasteiger partial charge >= 0.3 is 6.09 Å². The molecule has 292 valence electrons. The van der Waals surface area contributed by atoms with Crippen LogP contribution in [0.1, 0.15) is 101 Å². The van der Waals surface area contributed by atoms with Gasteiger partial charge in [0.05, 0.1) is 5.56 Å². The van der Waals surface area contributed by atoms with E-state index >= 15 is 0 Å². The Labute approximate surface area is 327 Å². The number of carbonyl (C=O) groups excluding carboxylic acids is 3. The van der Waals surface area contributed by atoms with Crippen molar-refractivity contribution in [3.05, 3.63) is 111 Å². The third-order valence-electron chi connectivity index (χ3n) is 11.5. The number of nitrogens with zero attached hydrogens (tertiary/aromatic N) is 5. The average Bonchev–Trinajstić information content (AvgIpc) is 3.48. The molecule has 55 heavy (non-hydrogen) atoms. The van der Waals surface area contributed by atoms with E-state index in [9.17, 15) is 14.4 Å². The number of likely N-dealkylation sites (N-methyl/N-ethyl adjacent to an activating group) is 1. The average molecular weight is 746 g/mol. The van der Waals surface area contributed by atoms with Gasteiger partial charge in [0, 0.05) is 74.9 Å². The van der Waals surface area contributed by atoms with E-state index in [-0.39, 0.29) is 17.9 Å². The molecule has 0 bridgehead atoms. The molecule has 0 fully saturated rings. The van der Waals surface area contributed by atoms with Crippen LogP contribution in [0.4, 0.5) is 4.79 Å². The van der Waals surface area contributed by atoms with Gasteiger partial charge in [-0.05, 0) is 118 Å². The van der Waals surface area contributed by atoms with Crippen molar-refractivity contribution < 1.29 is 19.1 Å². The molecule has 0 saturated heterocycles. The predicted octanol–water partition coefficient (Wildman–Crippen LogP) is 8.29. The lowest BCUT2D eigenvalue weighted by Gasteiger charge is -2.36. The lowest BCUT2D eigenvalue weighted by molar-refractivity contribution is 0.0658. The van der Waals surface area contributed by atoms with Crippen molar-refractivity contribution in [2.45, 2.75) is 91.8 Å². The Morgan fingerprint density at radius 2 is 1.55 bits per heavy atom. The summed E-state index contributed by atoms with van der Waals surface area (Å²) in [5.41, 5.74) is 9.40. The number of hydrogen-bond acceptors (Lipinski definition) is 5. The molecule has 3 amide bonds. The monoisotopic (exact) mass is 745 g/mol. The van der Waals surface area contributed by atoms with Gasteiger partial charge in [-0.1, -0.05) is 63.1 Å². The van der Waals surface area contributed by atoms with Gasteiger partial charge in [-0.25, -0.2) is 4.79 Å². The Hall–Kier alpha value is -4.89. The summed E-state index contributed by atoms with van der Waals surface area (Å²) in [6.45, 7) is 12.2. The quantitative estimate of drug-likeness (QED) is 0.138. The van der Waals surface area contributed by atoms with E-state index in [1.54, 1.807) is 4.90 Å². The summed E-state index contributed by atoms with van der Waals surface area (Å²) in [7, 11) is 6.08. The Balaban J connectivity index is 1.35. The minimum Gasteiger partial charge on any atom is -0.410 e. The zero-order valence-corrected chi connectivity index (χ0v) is 34.0. The van der Waals surface area contributed by atoms with E-state index in [0.717, 1.165) is 97.4 Å². The lowest BCUT2D eigenvalue weighted by atomic mass is 9.90. The fourth-order valence-corrected chi connectivity index (χ4v) is 7.90. The Bertz CT molecular complexity index is 2010. The number of hydrogen-bond donors (Lipinski definition) is 0. The molecule has 0 N–H and O–H groups in total. The lowest BCUT2D eigenvalue weighted by Crippen LogP contribution is -2.43. The minimum atomic E-state index is -0.398. The van der Waals surface area contributed by atoms with E-state index in [4.69, 9.17) is 4.74 Å². The highest BCUT2D eigenvalue weighted by molar-refractivity contribution is 6.03. The fraction of sp³-hybridized carbons (Fsp3) is 0.457. The zero-order valence-electron chi connectivity index (χ0n) is 34.0. The SMILES string of the molecule is CCCCN(CCCC)C(=O)c1cc(-c2cc3c(cc2C(=O)N2Cc4ccccc4C[C@H]2C)CN(C(=O)Oc2cccc(CCN(C)C)c2)CC3)n(C)c1C. The second-order valence-electron chi connectivity index (χ2n) is 15.7. The molecule has 9 heteroatoms. The van der Waals surface area contributed by atoms with Gasteiger partial charge in [0.1, 0.15) is 5.75 Å². The molecular weight excluding hydrogens is 687 g/mol. The molecule has 1 aromatic heterocycles. The summed E-state index contributed by atoms with van der Waals surface area (Å²) in [5.74, 6) is 0.532. The molecule has 0 radical (unpaired) electrons. The summed E-state index contributed by atoms with van der Waals surface area (Å²) in [4.78, 5) is 50.4. The second-order valence-corrected chi connectivity index (χ2v) is 15.7. The third kappa shape index (κ3) is 8.99. The van der Waals surface area contributed by atoms with Gasteiger partial charge in [0.25, 0.3) is 11.8 Å². The molecule has 4 aromatic rings. The highest BCUT2D eigenvalue weighted by atomic mass is 16.6. The number of unbranched alkanes of at least 4 members (excludes halogenated alkanes) is 2. The van der Waals surface area contributed by atoms with Crippen molar-refractivity contribution in [1.29, 1.82) is 0 Å². The van der Waals surface area contributed by atoms with Gasteiger partial charge in [-0.2, -0.15) is 0 Å². The molecule has 3 aromatic carbocycles. The van der Waals surface area contributed by atoms with Gasteiger partial charge in [-0.3, -0.25) is 9.59 Å². The number of fused-ring (bicyclic) bond motifs is 2. The smallest absolute Gasteiger partial charge is 0.410 e. The van der Waals surface area contributed by atoms with Crippen LogP contribution in [0.25, 0.3) is 11.3 Å². The molecule has 0 aliphatic carbocycles. The van der Waals surface area contributed by atoms with Gasteiger partial charge < -0.3 is 28.9 Å². The molecule has 0 spiro atoms. The van der Waals surface area contributed by atoms with Crippen LogP contribution >= 0.6 is 0 Å². The van der Waals surface area contributed by atoms with Crippen LogP contribution in [0.2, 0.25) is 0 Å². The summed E-state index contributed by atoms with van der Waals surface area (Å²) >= 11 is 0. The molecule has 0 saturated carbocycles. The van der Waals surface area contributed by atoms with Gasteiger partial charge in [0.15, 0.2) is 0 Å².